The Labute approximate surface area is 71.6 Å². The minimum absolute atomic E-state index is 0.193. The summed E-state index contributed by atoms with van der Waals surface area (Å²) in [5.74, 6) is -0.470. The van der Waals surface area contributed by atoms with E-state index in [1.807, 2.05) is 6.92 Å². The molecule has 0 bridgehead atoms. The molecular weight excluding hydrogens is 154 g/mol. The van der Waals surface area contributed by atoms with Gasteiger partial charge in [-0.25, -0.2) is 0 Å². The molecule has 1 unspecified atom stereocenters. The molecule has 0 spiro atoms. The summed E-state index contributed by atoms with van der Waals surface area (Å²) in [6.45, 7) is 1.97. The lowest BCUT2D eigenvalue weighted by Crippen LogP contribution is -2.35. The first-order valence-corrected chi connectivity index (χ1v) is 3.98. The zero-order valence-corrected chi connectivity index (χ0v) is 7.37. The predicted octanol–water partition coefficient (Wildman–Crippen LogP) is 0.166. The lowest BCUT2D eigenvalue weighted by Gasteiger charge is -2.16. The average molecular weight is 167 g/mol. The van der Waals surface area contributed by atoms with Crippen LogP contribution in [-0.2, 0) is 4.79 Å². The van der Waals surface area contributed by atoms with E-state index in [1.165, 1.54) is 0 Å². The Morgan fingerprint density at radius 2 is 2.42 bits per heavy atom. The van der Waals surface area contributed by atoms with Gasteiger partial charge >= 0.3 is 0 Å². The average Bonchev–Trinajstić information content (AvgIpc) is 2.04. The summed E-state index contributed by atoms with van der Waals surface area (Å²) in [5, 5.41) is 0. The van der Waals surface area contributed by atoms with E-state index >= 15 is 0 Å². The molecule has 0 fully saturated rings. The van der Waals surface area contributed by atoms with Gasteiger partial charge in [0.25, 0.3) is 5.91 Å². The third kappa shape index (κ3) is 1.69. The Balaban J connectivity index is 2.96. The number of rotatable bonds is 1. The minimum atomic E-state index is -0.470. The van der Waals surface area contributed by atoms with Crippen molar-refractivity contribution in [1.82, 2.24) is 0 Å². The largest absolute Gasteiger partial charge is 0.364 e. The quantitative estimate of drug-likeness (QED) is 0.594. The first-order chi connectivity index (χ1) is 5.65. The van der Waals surface area contributed by atoms with Gasteiger partial charge in [-0.05, 0) is 19.8 Å². The van der Waals surface area contributed by atoms with Gasteiger partial charge < -0.3 is 5.73 Å². The number of hydrogen-bond donors (Lipinski definition) is 1. The maximum atomic E-state index is 10.9. The van der Waals surface area contributed by atoms with Crippen LogP contribution in [0.2, 0.25) is 0 Å². The van der Waals surface area contributed by atoms with Crippen molar-refractivity contribution in [3.63, 3.8) is 0 Å². The fourth-order valence-electron chi connectivity index (χ4n) is 1.25. The van der Waals surface area contributed by atoms with E-state index in [9.17, 15) is 4.79 Å². The van der Waals surface area contributed by atoms with Crippen molar-refractivity contribution in [2.24, 2.45) is 15.7 Å². The van der Waals surface area contributed by atoms with Crippen LogP contribution in [0.1, 0.15) is 19.8 Å². The monoisotopic (exact) mass is 167 g/mol. The number of carbonyl (C=O) groups is 1. The third-order valence-electron chi connectivity index (χ3n) is 1.93. The smallest absolute Gasteiger partial charge is 0.268 e. The van der Waals surface area contributed by atoms with Gasteiger partial charge in [-0.15, -0.1) is 0 Å². The number of primary amides is 1. The molecule has 1 heterocycles. The molecule has 66 valence electrons. The molecule has 4 nitrogen and oxygen atoms in total. The summed E-state index contributed by atoms with van der Waals surface area (Å²) in [4.78, 5) is 19.0. The molecule has 2 N–H and O–H groups in total. The lowest BCUT2D eigenvalue weighted by molar-refractivity contribution is -0.111. The van der Waals surface area contributed by atoms with Crippen LogP contribution in [0.3, 0.4) is 0 Å². The molecular formula is C8H13N3O. The van der Waals surface area contributed by atoms with Crippen LogP contribution in [-0.4, -0.2) is 30.4 Å². The van der Waals surface area contributed by atoms with Gasteiger partial charge in [0.2, 0.25) is 0 Å². The van der Waals surface area contributed by atoms with Gasteiger partial charge in [0.1, 0.15) is 5.71 Å². The van der Waals surface area contributed by atoms with Gasteiger partial charge in [-0.1, -0.05) is 0 Å². The Morgan fingerprint density at radius 1 is 1.75 bits per heavy atom. The highest BCUT2D eigenvalue weighted by Crippen LogP contribution is 2.10. The second-order valence-electron chi connectivity index (χ2n) is 2.90. The molecule has 0 aromatic heterocycles. The number of amides is 1. The summed E-state index contributed by atoms with van der Waals surface area (Å²) in [7, 11) is 1.66. The van der Waals surface area contributed by atoms with E-state index in [2.05, 4.69) is 9.98 Å². The van der Waals surface area contributed by atoms with Crippen molar-refractivity contribution < 1.29 is 4.79 Å². The van der Waals surface area contributed by atoms with Crippen molar-refractivity contribution in [3.05, 3.63) is 0 Å². The highest BCUT2D eigenvalue weighted by Gasteiger charge is 2.20. The van der Waals surface area contributed by atoms with Gasteiger partial charge in [0.05, 0.1) is 5.71 Å². The van der Waals surface area contributed by atoms with E-state index in [4.69, 9.17) is 5.73 Å². The Bertz CT molecular complexity index is 255. The zero-order chi connectivity index (χ0) is 9.14. The minimum Gasteiger partial charge on any atom is -0.364 e. The molecule has 0 saturated heterocycles. The molecule has 0 saturated carbocycles. The van der Waals surface area contributed by atoms with Crippen LogP contribution >= 0.6 is 0 Å². The second kappa shape index (κ2) is 3.47. The van der Waals surface area contributed by atoms with Crippen molar-refractivity contribution in [2.75, 3.05) is 7.05 Å². The molecule has 0 aromatic carbocycles. The molecule has 0 radical (unpaired) electrons. The van der Waals surface area contributed by atoms with Gasteiger partial charge in [-0.2, -0.15) is 0 Å². The molecule has 0 aliphatic carbocycles. The molecule has 1 aliphatic rings. The molecule has 12 heavy (non-hydrogen) atoms. The number of hydrogen-bond acceptors (Lipinski definition) is 3. The third-order valence-corrected chi connectivity index (χ3v) is 1.93. The summed E-state index contributed by atoms with van der Waals surface area (Å²) < 4.78 is 0. The van der Waals surface area contributed by atoms with E-state index in [1.54, 1.807) is 7.05 Å². The number of nitrogens with two attached hydrogens (primary N) is 1. The Hall–Kier alpha value is -1.19. The summed E-state index contributed by atoms with van der Waals surface area (Å²) in [5.41, 5.74) is 6.24. The van der Waals surface area contributed by atoms with Gasteiger partial charge in [0, 0.05) is 13.1 Å². The molecule has 0 aromatic rings. The number of carbonyl (C=O) groups excluding carboxylic acids is 1. The summed E-state index contributed by atoms with van der Waals surface area (Å²) in [6.07, 6.45) is 1.75. The van der Waals surface area contributed by atoms with Crippen LogP contribution in [0.4, 0.5) is 0 Å². The Kier molecular flexibility index (Phi) is 2.58. The predicted molar refractivity (Wildman–Crippen MR) is 48.7 cm³/mol. The standard InChI is InChI=1S/C8H13N3O/c1-5-3-4-6(10-2)7(11-5)8(9)12/h5H,3-4H2,1-2H3,(H2,9,12). The molecule has 1 atom stereocenters. The second-order valence-corrected chi connectivity index (χ2v) is 2.90. The highest BCUT2D eigenvalue weighted by molar-refractivity contribution is 6.67. The molecule has 1 aliphatic heterocycles. The Morgan fingerprint density at radius 3 is 2.92 bits per heavy atom. The topological polar surface area (TPSA) is 67.8 Å². The van der Waals surface area contributed by atoms with Crippen LogP contribution in [0.15, 0.2) is 9.98 Å². The zero-order valence-electron chi connectivity index (χ0n) is 7.37. The number of aliphatic imine (C=N–C) groups is 2. The maximum Gasteiger partial charge on any atom is 0.268 e. The van der Waals surface area contributed by atoms with Crippen LogP contribution in [0, 0.1) is 0 Å². The van der Waals surface area contributed by atoms with Gasteiger partial charge in [-0.3, -0.25) is 14.8 Å². The lowest BCUT2D eigenvalue weighted by atomic mass is 10.0. The van der Waals surface area contributed by atoms with Crippen LogP contribution in [0.5, 0.6) is 0 Å². The van der Waals surface area contributed by atoms with E-state index in [0.717, 1.165) is 18.6 Å². The fourth-order valence-corrected chi connectivity index (χ4v) is 1.25. The van der Waals surface area contributed by atoms with Crippen LogP contribution in [0.25, 0.3) is 0 Å². The van der Waals surface area contributed by atoms with Crippen molar-refractivity contribution in [2.45, 2.75) is 25.8 Å². The highest BCUT2D eigenvalue weighted by atomic mass is 16.1. The van der Waals surface area contributed by atoms with Crippen molar-refractivity contribution in [3.8, 4) is 0 Å². The van der Waals surface area contributed by atoms with Crippen molar-refractivity contribution in [1.29, 1.82) is 0 Å². The van der Waals surface area contributed by atoms with E-state index in [0.29, 0.717) is 5.71 Å². The summed E-state index contributed by atoms with van der Waals surface area (Å²) in [6, 6.07) is 0.193. The molecule has 1 amide bonds. The fraction of sp³-hybridized carbons (Fsp3) is 0.625. The van der Waals surface area contributed by atoms with Crippen LogP contribution < -0.4 is 5.73 Å². The maximum absolute atomic E-state index is 10.9. The normalized spacial score (nSPS) is 27.0. The summed E-state index contributed by atoms with van der Waals surface area (Å²) >= 11 is 0. The van der Waals surface area contributed by atoms with E-state index < -0.39 is 5.91 Å². The van der Waals surface area contributed by atoms with Crippen molar-refractivity contribution >= 4 is 17.3 Å². The first-order valence-electron chi connectivity index (χ1n) is 3.98. The molecule has 4 heteroatoms. The molecule has 1 rings (SSSR count). The SMILES string of the molecule is CN=C1CCC(C)N=C1C(N)=O. The number of nitrogens with zero attached hydrogens (tertiary/aromatic N) is 2. The van der Waals surface area contributed by atoms with E-state index in [-0.39, 0.29) is 6.04 Å². The first kappa shape index (κ1) is 8.90. The van der Waals surface area contributed by atoms with Gasteiger partial charge in [0.15, 0.2) is 0 Å².